The molecular formula is C30H28N4O6. The van der Waals surface area contributed by atoms with Crippen LogP contribution in [0, 0.1) is 5.92 Å². The van der Waals surface area contributed by atoms with Crippen molar-refractivity contribution >= 4 is 28.6 Å². The Morgan fingerprint density at radius 1 is 0.925 bits per heavy atom. The number of phenolic OH excluding ortho intramolecular Hbond substituents is 1. The second kappa shape index (κ2) is 11.5. The van der Waals surface area contributed by atoms with E-state index in [0.717, 1.165) is 16.5 Å². The zero-order valence-electron chi connectivity index (χ0n) is 21.3. The van der Waals surface area contributed by atoms with Crippen LogP contribution in [0.2, 0.25) is 0 Å². The number of hydroxylamine groups is 1. The fourth-order valence-corrected chi connectivity index (χ4v) is 5.13. The fraction of sp³-hybridized carbons (Fsp3) is 0.200. The van der Waals surface area contributed by atoms with Crippen LogP contribution in [0.4, 0.5) is 0 Å². The molecule has 1 heterocycles. The van der Waals surface area contributed by atoms with Gasteiger partial charge in [-0.15, -0.1) is 0 Å². The summed E-state index contributed by atoms with van der Waals surface area (Å²) in [6.45, 7) is 0. The average molecular weight is 541 g/mol. The van der Waals surface area contributed by atoms with E-state index in [-0.39, 0.29) is 17.9 Å². The highest BCUT2D eigenvalue weighted by molar-refractivity contribution is 5.99. The molecular weight excluding hydrogens is 512 g/mol. The smallest absolute Gasteiger partial charge is 0.270 e. The fourth-order valence-electron chi connectivity index (χ4n) is 5.13. The number of aliphatic hydroxyl groups is 1. The maximum atomic E-state index is 13.8. The van der Waals surface area contributed by atoms with Crippen LogP contribution in [-0.4, -0.2) is 50.3 Å². The molecule has 40 heavy (non-hydrogen) atoms. The largest absolute Gasteiger partial charge is 0.508 e. The highest BCUT2D eigenvalue weighted by Gasteiger charge is 2.39. The first-order chi connectivity index (χ1) is 19.3. The van der Waals surface area contributed by atoms with Crippen LogP contribution >= 0.6 is 0 Å². The maximum Gasteiger partial charge on any atom is 0.270 e. The van der Waals surface area contributed by atoms with Crippen molar-refractivity contribution in [1.29, 1.82) is 0 Å². The van der Waals surface area contributed by atoms with Gasteiger partial charge in [0.2, 0.25) is 5.91 Å². The average Bonchev–Trinajstić information content (AvgIpc) is 3.28. The SMILES string of the molecule is O=C(N[C@H](C(=O)NO)[C@@H](Cc1cccc(O)c1)C(=O)N[C@H]1c2ccccc2C[C@H]1O)c1ccc2ccccc2n1. The van der Waals surface area contributed by atoms with Gasteiger partial charge in [0.15, 0.2) is 0 Å². The Hall–Kier alpha value is -4.80. The van der Waals surface area contributed by atoms with E-state index in [4.69, 9.17) is 0 Å². The van der Waals surface area contributed by atoms with Gasteiger partial charge in [-0.1, -0.05) is 60.7 Å². The van der Waals surface area contributed by atoms with Gasteiger partial charge in [0.05, 0.1) is 23.6 Å². The number of benzene rings is 3. The summed E-state index contributed by atoms with van der Waals surface area (Å²) in [5.74, 6) is -3.65. The summed E-state index contributed by atoms with van der Waals surface area (Å²) in [5.41, 5.74) is 4.30. The maximum absolute atomic E-state index is 13.8. The van der Waals surface area contributed by atoms with Crippen molar-refractivity contribution in [1.82, 2.24) is 21.1 Å². The van der Waals surface area contributed by atoms with E-state index in [1.54, 1.807) is 41.9 Å². The molecule has 0 saturated heterocycles. The Kier molecular flexibility index (Phi) is 7.72. The minimum absolute atomic E-state index is 0.0195. The minimum Gasteiger partial charge on any atom is -0.508 e. The number of hydrogen-bond acceptors (Lipinski definition) is 7. The molecule has 4 aromatic rings. The summed E-state index contributed by atoms with van der Waals surface area (Å²) in [6.07, 6.45) is -0.610. The van der Waals surface area contributed by atoms with E-state index in [9.17, 15) is 29.8 Å². The number of carbonyl (C=O) groups excluding carboxylic acids is 3. The third-order valence-electron chi connectivity index (χ3n) is 7.12. The summed E-state index contributed by atoms with van der Waals surface area (Å²) in [6, 6.07) is 21.7. The monoisotopic (exact) mass is 540 g/mol. The summed E-state index contributed by atoms with van der Waals surface area (Å²) in [7, 11) is 0. The lowest BCUT2D eigenvalue weighted by atomic mass is 9.89. The molecule has 0 unspecified atom stereocenters. The van der Waals surface area contributed by atoms with Crippen LogP contribution in [-0.2, 0) is 22.4 Å². The number of rotatable bonds is 8. The van der Waals surface area contributed by atoms with Crippen molar-refractivity contribution in [3.8, 4) is 5.75 Å². The lowest BCUT2D eigenvalue weighted by Gasteiger charge is -2.28. The van der Waals surface area contributed by atoms with Gasteiger partial charge < -0.3 is 20.8 Å². The van der Waals surface area contributed by atoms with Gasteiger partial charge in [-0.3, -0.25) is 19.6 Å². The molecule has 204 valence electrons. The first-order valence-corrected chi connectivity index (χ1v) is 12.8. The molecule has 3 amide bonds. The van der Waals surface area contributed by atoms with Crippen molar-refractivity contribution in [3.63, 3.8) is 0 Å². The van der Waals surface area contributed by atoms with Gasteiger partial charge >= 0.3 is 0 Å². The highest BCUT2D eigenvalue weighted by Crippen LogP contribution is 2.32. The lowest BCUT2D eigenvalue weighted by Crippen LogP contribution is -2.55. The number of aromatic nitrogens is 1. The molecule has 5 rings (SSSR count). The highest BCUT2D eigenvalue weighted by atomic mass is 16.5. The molecule has 10 heteroatoms. The van der Waals surface area contributed by atoms with Crippen LogP contribution < -0.4 is 16.1 Å². The molecule has 0 bridgehead atoms. The Morgan fingerprint density at radius 3 is 2.50 bits per heavy atom. The van der Waals surface area contributed by atoms with E-state index in [1.807, 2.05) is 30.3 Å². The molecule has 0 fully saturated rings. The Balaban J connectivity index is 1.46. The number of aromatic hydroxyl groups is 1. The topological polar surface area (TPSA) is 161 Å². The molecule has 1 aromatic heterocycles. The molecule has 0 saturated carbocycles. The first kappa shape index (κ1) is 26.8. The third kappa shape index (κ3) is 5.63. The molecule has 1 aliphatic rings. The number of pyridine rings is 1. The van der Waals surface area contributed by atoms with Gasteiger partial charge in [-0.05, 0) is 47.4 Å². The molecule has 1 aliphatic carbocycles. The van der Waals surface area contributed by atoms with Crippen LogP contribution in [0.3, 0.4) is 0 Å². The second-order valence-corrected chi connectivity index (χ2v) is 9.75. The second-order valence-electron chi connectivity index (χ2n) is 9.75. The molecule has 0 radical (unpaired) electrons. The predicted octanol–water partition coefficient (Wildman–Crippen LogP) is 2.18. The molecule has 3 aromatic carbocycles. The number of hydrogen-bond donors (Lipinski definition) is 6. The Bertz CT molecular complexity index is 1570. The van der Waals surface area contributed by atoms with Crippen molar-refractivity contribution < 1.29 is 29.8 Å². The quantitative estimate of drug-likeness (QED) is 0.147. The summed E-state index contributed by atoms with van der Waals surface area (Å²) < 4.78 is 0. The number of carbonyl (C=O) groups is 3. The Labute approximate surface area is 229 Å². The third-order valence-corrected chi connectivity index (χ3v) is 7.12. The van der Waals surface area contributed by atoms with Crippen LogP contribution in [0.15, 0.2) is 84.9 Å². The van der Waals surface area contributed by atoms with E-state index in [0.29, 0.717) is 17.5 Å². The molecule has 0 aliphatic heterocycles. The Morgan fingerprint density at radius 2 is 1.70 bits per heavy atom. The van der Waals surface area contributed by atoms with Crippen molar-refractivity contribution in [2.75, 3.05) is 0 Å². The van der Waals surface area contributed by atoms with Gasteiger partial charge in [0.25, 0.3) is 11.8 Å². The number of amides is 3. The zero-order chi connectivity index (χ0) is 28.2. The normalized spacial score (nSPS) is 17.4. The van der Waals surface area contributed by atoms with E-state index in [2.05, 4.69) is 15.6 Å². The molecule has 4 atom stereocenters. The van der Waals surface area contributed by atoms with E-state index < -0.39 is 41.8 Å². The number of nitrogens with one attached hydrogen (secondary N) is 3. The number of nitrogens with zero attached hydrogens (tertiary/aromatic N) is 1. The standard InChI is InChI=1S/C30H28N4O6/c35-20-9-5-6-17(14-20)15-22(28(37)32-26-21-10-3-1-8-19(21)16-25(26)36)27(30(39)34-40)33-29(38)24-13-12-18-7-2-4-11-23(18)31-24/h1-14,22,25-27,35-36,40H,15-16H2,(H,32,37)(H,33,38)(H,34,39)/t22-,25-,26+,27+/m1/s1. The summed E-state index contributed by atoms with van der Waals surface area (Å²) in [4.78, 5) is 44.3. The number of aliphatic hydroxyl groups excluding tert-OH is 1. The predicted molar refractivity (Wildman–Crippen MR) is 145 cm³/mol. The minimum atomic E-state index is -1.53. The zero-order valence-corrected chi connectivity index (χ0v) is 21.3. The first-order valence-electron chi connectivity index (χ1n) is 12.8. The summed E-state index contributed by atoms with van der Waals surface area (Å²) in [5, 5.41) is 36.4. The van der Waals surface area contributed by atoms with Crippen LogP contribution in [0.1, 0.15) is 33.2 Å². The van der Waals surface area contributed by atoms with Crippen molar-refractivity contribution in [3.05, 3.63) is 107 Å². The lowest BCUT2D eigenvalue weighted by molar-refractivity contribution is -0.137. The van der Waals surface area contributed by atoms with E-state index in [1.165, 1.54) is 18.2 Å². The molecule has 6 N–H and O–H groups in total. The van der Waals surface area contributed by atoms with Gasteiger partial charge in [-0.25, -0.2) is 10.5 Å². The van der Waals surface area contributed by atoms with Gasteiger partial charge in [0, 0.05) is 11.8 Å². The number of phenols is 1. The molecule has 0 spiro atoms. The summed E-state index contributed by atoms with van der Waals surface area (Å²) >= 11 is 0. The van der Waals surface area contributed by atoms with Gasteiger partial charge in [0.1, 0.15) is 17.5 Å². The van der Waals surface area contributed by atoms with Crippen molar-refractivity contribution in [2.45, 2.75) is 31.0 Å². The van der Waals surface area contributed by atoms with E-state index >= 15 is 0 Å². The van der Waals surface area contributed by atoms with Crippen LogP contribution in [0.5, 0.6) is 5.75 Å². The van der Waals surface area contributed by atoms with Gasteiger partial charge in [-0.2, -0.15) is 0 Å². The number of para-hydroxylation sites is 1. The van der Waals surface area contributed by atoms with Crippen molar-refractivity contribution in [2.24, 2.45) is 5.92 Å². The molecule has 10 nitrogen and oxygen atoms in total. The van der Waals surface area contributed by atoms with Crippen LogP contribution in [0.25, 0.3) is 10.9 Å². The number of fused-ring (bicyclic) bond motifs is 2.